The van der Waals surface area contributed by atoms with E-state index in [4.69, 9.17) is 0 Å². The summed E-state index contributed by atoms with van der Waals surface area (Å²) in [6.45, 7) is 15.0. The van der Waals surface area contributed by atoms with Gasteiger partial charge in [-0.1, -0.05) is 34.1 Å². The lowest BCUT2D eigenvalue weighted by Crippen LogP contribution is -2.34. The van der Waals surface area contributed by atoms with Crippen LogP contribution in [0, 0.1) is 11.8 Å². The Morgan fingerprint density at radius 3 is 2.12 bits per heavy atom. The van der Waals surface area contributed by atoms with Crippen molar-refractivity contribution in [1.82, 2.24) is 10.2 Å². The third-order valence-electron chi connectivity index (χ3n) is 3.58. The van der Waals surface area contributed by atoms with Gasteiger partial charge in [0.2, 0.25) is 0 Å². The van der Waals surface area contributed by atoms with Crippen LogP contribution in [-0.2, 0) is 0 Å². The van der Waals surface area contributed by atoms with Crippen LogP contribution in [0.25, 0.3) is 0 Å². The molecule has 0 radical (unpaired) electrons. The highest BCUT2D eigenvalue weighted by molar-refractivity contribution is 4.66. The summed E-state index contributed by atoms with van der Waals surface area (Å²) in [6.07, 6.45) is 3.99. The molecule has 0 rings (SSSR count). The van der Waals surface area contributed by atoms with Gasteiger partial charge in [0.1, 0.15) is 0 Å². The van der Waals surface area contributed by atoms with E-state index >= 15 is 0 Å². The third-order valence-corrected chi connectivity index (χ3v) is 3.58. The normalized spacial score (nSPS) is 13.9. The van der Waals surface area contributed by atoms with Gasteiger partial charge in [-0.25, -0.2) is 0 Å². The first-order valence-corrected chi connectivity index (χ1v) is 7.36. The molecule has 2 nitrogen and oxygen atoms in total. The predicted molar refractivity (Wildman–Crippen MR) is 78.5 cm³/mol. The van der Waals surface area contributed by atoms with E-state index < -0.39 is 0 Å². The minimum atomic E-state index is 0.703. The highest BCUT2D eigenvalue weighted by atomic mass is 15.1. The molecule has 0 fully saturated rings. The largest absolute Gasteiger partial charge is 0.316 e. The Balaban J connectivity index is 3.33. The zero-order valence-electron chi connectivity index (χ0n) is 12.9. The first kappa shape index (κ1) is 16.9. The zero-order valence-corrected chi connectivity index (χ0v) is 12.9. The highest BCUT2D eigenvalue weighted by Gasteiger charge is 2.11. The molecule has 0 spiro atoms. The van der Waals surface area contributed by atoms with Crippen LogP contribution in [0.1, 0.15) is 53.9 Å². The molecule has 1 atom stereocenters. The van der Waals surface area contributed by atoms with Gasteiger partial charge in [-0.05, 0) is 58.3 Å². The van der Waals surface area contributed by atoms with Crippen molar-refractivity contribution in [2.45, 2.75) is 59.9 Å². The summed E-state index contributed by atoms with van der Waals surface area (Å²) in [5.41, 5.74) is 0. The molecule has 104 valence electrons. The van der Waals surface area contributed by atoms with Gasteiger partial charge in [-0.3, -0.25) is 0 Å². The Bertz CT molecular complexity index is 166. The molecule has 0 amide bonds. The van der Waals surface area contributed by atoms with Gasteiger partial charge >= 0.3 is 0 Å². The van der Waals surface area contributed by atoms with Crippen molar-refractivity contribution in [3.8, 4) is 0 Å². The SMILES string of the molecule is CC(C)CNCCCCCN(C)C(C)C(C)C. The Morgan fingerprint density at radius 1 is 0.941 bits per heavy atom. The summed E-state index contributed by atoms with van der Waals surface area (Å²) in [4.78, 5) is 2.49. The third kappa shape index (κ3) is 9.61. The Hall–Kier alpha value is -0.0800. The van der Waals surface area contributed by atoms with Gasteiger partial charge in [0, 0.05) is 6.04 Å². The molecule has 0 saturated heterocycles. The van der Waals surface area contributed by atoms with Gasteiger partial charge in [0.05, 0.1) is 0 Å². The van der Waals surface area contributed by atoms with E-state index in [1.54, 1.807) is 0 Å². The van der Waals surface area contributed by atoms with Gasteiger partial charge in [-0.2, -0.15) is 0 Å². The quantitative estimate of drug-likeness (QED) is 0.591. The average molecular weight is 242 g/mol. The van der Waals surface area contributed by atoms with E-state index in [0.717, 1.165) is 18.4 Å². The smallest absolute Gasteiger partial charge is 0.00868 e. The lowest BCUT2D eigenvalue weighted by molar-refractivity contribution is 0.204. The van der Waals surface area contributed by atoms with E-state index in [-0.39, 0.29) is 0 Å². The Labute approximate surface area is 109 Å². The molecule has 1 unspecified atom stereocenters. The van der Waals surface area contributed by atoms with Gasteiger partial charge in [0.25, 0.3) is 0 Å². The van der Waals surface area contributed by atoms with Crippen LogP contribution in [0.5, 0.6) is 0 Å². The van der Waals surface area contributed by atoms with Crippen molar-refractivity contribution in [2.75, 3.05) is 26.7 Å². The second kappa shape index (κ2) is 9.90. The number of hydrogen-bond acceptors (Lipinski definition) is 2. The molecule has 0 heterocycles. The molecule has 0 aromatic rings. The van der Waals surface area contributed by atoms with Crippen LogP contribution in [0.15, 0.2) is 0 Å². The molecule has 0 bridgehead atoms. The summed E-state index contributed by atoms with van der Waals surface area (Å²) >= 11 is 0. The molecule has 2 heteroatoms. The fourth-order valence-corrected chi connectivity index (χ4v) is 1.89. The number of rotatable bonds is 10. The lowest BCUT2D eigenvalue weighted by Gasteiger charge is -2.27. The van der Waals surface area contributed by atoms with Crippen molar-refractivity contribution in [3.63, 3.8) is 0 Å². The Kier molecular flexibility index (Phi) is 9.85. The zero-order chi connectivity index (χ0) is 13.3. The summed E-state index contributed by atoms with van der Waals surface area (Å²) in [5, 5.41) is 3.50. The van der Waals surface area contributed by atoms with Crippen LogP contribution in [0.2, 0.25) is 0 Å². The van der Waals surface area contributed by atoms with Crippen molar-refractivity contribution >= 4 is 0 Å². The lowest BCUT2D eigenvalue weighted by atomic mass is 10.0. The predicted octanol–water partition coefficient (Wildman–Crippen LogP) is 3.38. The van der Waals surface area contributed by atoms with Crippen LogP contribution in [0.3, 0.4) is 0 Å². The molecule has 1 N–H and O–H groups in total. The molecular formula is C15H34N2. The van der Waals surface area contributed by atoms with Crippen molar-refractivity contribution in [1.29, 1.82) is 0 Å². The molecule has 0 aliphatic rings. The highest BCUT2D eigenvalue weighted by Crippen LogP contribution is 2.09. The number of nitrogens with zero attached hydrogens (tertiary/aromatic N) is 1. The van der Waals surface area contributed by atoms with E-state index in [0.29, 0.717) is 6.04 Å². The minimum Gasteiger partial charge on any atom is -0.316 e. The molecule has 17 heavy (non-hydrogen) atoms. The maximum absolute atomic E-state index is 3.50. The maximum atomic E-state index is 3.50. The van der Waals surface area contributed by atoms with Crippen molar-refractivity contribution < 1.29 is 0 Å². The molecule has 0 aliphatic heterocycles. The monoisotopic (exact) mass is 242 g/mol. The summed E-state index contributed by atoms with van der Waals surface area (Å²) in [6, 6.07) is 0.703. The van der Waals surface area contributed by atoms with Gasteiger partial charge < -0.3 is 10.2 Å². The summed E-state index contributed by atoms with van der Waals surface area (Å²) < 4.78 is 0. The fourth-order valence-electron chi connectivity index (χ4n) is 1.89. The fraction of sp³-hybridized carbons (Fsp3) is 1.00. The first-order chi connectivity index (χ1) is 7.95. The molecule has 0 saturated carbocycles. The Morgan fingerprint density at radius 2 is 1.59 bits per heavy atom. The maximum Gasteiger partial charge on any atom is 0.00868 e. The average Bonchev–Trinajstić information content (AvgIpc) is 2.25. The standard InChI is InChI=1S/C15H34N2/c1-13(2)12-16-10-8-7-9-11-17(6)15(5)14(3)4/h13-16H,7-12H2,1-6H3. The molecular weight excluding hydrogens is 208 g/mol. The number of hydrogen-bond donors (Lipinski definition) is 1. The van der Waals surface area contributed by atoms with Crippen LogP contribution < -0.4 is 5.32 Å². The van der Waals surface area contributed by atoms with E-state index in [1.807, 2.05) is 0 Å². The van der Waals surface area contributed by atoms with Crippen LogP contribution in [-0.4, -0.2) is 37.6 Å². The van der Waals surface area contributed by atoms with E-state index in [9.17, 15) is 0 Å². The van der Waals surface area contributed by atoms with Crippen LogP contribution >= 0.6 is 0 Å². The molecule has 0 aliphatic carbocycles. The summed E-state index contributed by atoms with van der Waals surface area (Å²) in [5.74, 6) is 1.53. The molecule has 0 aromatic heterocycles. The van der Waals surface area contributed by atoms with Crippen molar-refractivity contribution in [2.24, 2.45) is 11.8 Å². The number of unbranched alkanes of at least 4 members (excludes halogenated alkanes) is 2. The second-order valence-electron chi connectivity index (χ2n) is 6.12. The second-order valence-corrected chi connectivity index (χ2v) is 6.12. The minimum absolute atomic E-state index is 0.703. The van der Waals surface area contributed by atoms with E-state index in [1.165, 1.54) is 32.4 Å². The van der Waals surface area contributed by atoms with Gasteiger partial charge in [0.15, 0.2) is 0 Å². The number of nitrogens with one attached hydrogen (secondary N) is 1. The summed E-state index contributed by atoms with van der Waals surface area (Å²) in [7, 11) is 2.25. The topological polar surface area (TPSA) is 15.3 Å². The van der Waals surface area contributed by atoms with Crippen molar-refractivity contribution in [3.05, 3.63) is 0 Å². The molecule has 0 aromatic carbocycles. The van der Waals surface area contributed by atoms with E-state index in [2.05, 4.69) is 51.9 Å². The van der Waals surface area contributed by atoms with Crippen LogP contribution in [0.4, 0.5) is 0 Å². The first-order valence-electron chi connectivity index (χ1n) is 7.36. The van der Waals surface area contributed by atoms with Gasteiger partial charge in [-0.15, -0.1) is 0 Å².